The standard InChI is InChI=1S/C16H14N2O3/c1-17-11-8-7-10(14(17)19)12-13(11)16(21)18(15(12)20)9-5-3-2-4-6-9/h2-8,10-13H,1H3/t10-,11-,12-,13-/m0/s1. The third-order valence-electron chi connectivity index (χ3n) is 4.76. The second-order valence-electron chi connectivity index (χ2n) is 5.75. The average molecular weight is 282 g/mol. The maximum Gasteiger partial charge on any atom is 0.240 e. The van der Waals surface area contributed by atoms with Crippen LogP contribution in [0.4, 0.5) is 5.69 Å². The van der Waals surface area contributed by atoms with Crippen LogP contribution in [0, 0.1) is 17.8 Å². The van der Waals surface area contributed by atoms with Gasteiger partial charge in [-0.15, -0.1) is 0 Å². The van der Waals surface area contributed by atoms with Gasteiger partial charge >= 0.3 is 0 Å². The summed E-state index contributed by atoms with van der Waals surface area (Å²) in [6.45, 7) is 0. The van der Waals surface area contributed by atoms with Gasteiger partial charge in [0.15, 0.2) is 0 Å². The molecular weight excluding hydrogens is 268 g/mol. The van der Waals surface area contributed by atoms with Gasteiger partial charge in [-0.05, 0) is 12.1 Å². The summed E-state index contributed by atoms with van der Waals surface area (Å²) in [5.74, 6) is -2.02. The van der Waals surface area contributed by atoms with E-state index in [0.717, 1.165) is 0 Å². The van der Waals surface area contributed by atoms with Crippen LogP contribution in [-0.4, -0.2) is 35.7 Å². The molecule has 0 N–H and O–H groups in total. The van der Waals surface area contributed by atoms with Crippen LogP contribution < -0.4 is 4.90 Å². The highest BCUT2D eigenvalue weighted by Gasteiger charge is 2.61. The van der Waals surface area contributed by atoms with E-state index in [4.69, 9.17) is 0 Å². The Morgan fingerprint density at radius 3 is 2.24 bits per heavy atom. The molecule has 106 valence electrons. The van der Waals surface area contributed by atoms with Crippen molar-refractivity contribution in [1.29, 1.82) is 0 Å². The fourth-order valence-electron chi connectivity index (χ4n) is 3.74. The Morgan fingerprint density at radius 2 is 1.52 bits per heavy atom. The maximum absolute atomic E-state index is 12.7. The molecule has 3 aliphatic heterocycles. The molecule has 1 aliphatic carbocycles. The van der Waals surface area contributed by atoms with Gasteiger partial charge in [-0.1, -0.05) is 30.4 Å². The monoisotopic (exact) mass is 282 g/mol. The lowest BCUT2D eigenvalue weighted by molar-refractivity contribution is -0.148. The van der Waals surface area contributed by atoms with Crippen LogP contribution in [0.25, 0.3) is 0 Å². The van der Waals surface area contributed by atoms with E-state index < -0.39 is 17.8 Å². The minimum atomic E-state index is -0.545. The largest absolute Gasteiger partial charge is 0.338 e. The normalized spacial score (nSPS) is 33.9. The minimum Gasteiger partial charge on any atom is -0.338 e. The summed E-state index contributed by atoms with van der Waals surface area (Å²) in [7, 11) is 1.70. The molecule has 5 heteroatoms. The Balaban J connectivity index is 1.80. The number of hydrogen-bond donors (Lipinski definition) is 0. The SMILES string of the molecule is CN1C(=O)[C@H]2C=C[C@H]1[C@@H]1C(=O)N(c3ccccc3)C(=O)[C@H]12. The van der Waals surface area contributed by atoms with Gasteiger partial charge in [0.2, 0.25) is 17.7 Å². The Kier molecular flexibility index (Phi) is 2.37. The molecule has 0 unspecified atom stereocenters. The van der Waals surface area contributed by atoms with Crippen molar-refractivity contribution in [2.24, 2.45) is 17.8 Å². The Morgan fingerprint density at radius 1 is 0.857 bits per heavy atom. The van der Waals surface area contributed by atoms with Gasteiger partial charge in [0.05, 0.1) is 29.5 Å². The van der Waals surface area contributed by atoms with Crippen LogP contribution in [0.3, 0.4) is 0 Å². The Labute approximate surface area is 121 Å². The summed E-state index contributed by atoms with van der Waals surface area (Å²) >= 11 is 0. The maximum atomic E-state index is 12.7. The third-order valence-corrected chi connectivity index (χ3v) is 4.76. The van der Waals surface area contributed by atoms with Gasteiger partial charge in [0, 0.05) is 7.05 Å². The molecule has 3 heterocycles. The van der Waals surface area contributed by atoms with Crippen molar-refractivity contribution in [3.8, 4) is 0 Å². The molecular formula is C16H14N2O3. The number of carbonyl (C=O) groups excluding carboxylic acids is 3. The molecule has 0 radical (unpaired) electrons. The molecule has 3 amide bonds. The van der Waals surface area contributed by atoms with Crippen LogP contribution in [0.1, 0.15) is 0 Å². The Hall–Kier alpha value is -2.43. The zero-order valence-corrected chi connectivity index (χ0v) is 11.5. The summed E-state index contributed by atoms with van der Waals surface area (Å²) < 4.78 is 0. The van der Waals surface area contributed by atoms with E-state index in [2.05, 4.69) is 0 Å². The van der Waals surface area contributed by atoms with Crippen molar-refractivity contribution in [2.75, 3.05) is 11.9 Å². The van der Waals surface area contributed by atoms with Gasteiger partial charge in [0.1, 0.15) is 0 Å². The van der Waals surface area contributed by atoms with Crippen molar-refractivity contribution < 1.29 is 14.4 Å². The molecule has 2 bridgehead atoms. The van der Waals surface area contributed by atoms with E-state index in [1.165, 1.54) is 4.90 Å². The number of hydrogen-bond acceptors (Lipinski definition) is 3. The molecule has 0 spiro atoms. The fraction of sp³-hybridized carbons (Fsp3) is 0.312. The number of piperidine rings is 1. The van der Waals surface area contributed by atoms with E-state index in [1.807, 2.05) is 12.1 Å². The first-order valence-corrected chi connectivity index (χ1v) is 6.99. The predicted molar refractivity (Wildman–Crippen MR) is 75.1 cm³/mol. The molecule has 2 saturated heterocycles. The first-order valence-electron chi connectivity index (χ1n) is 6.99. The molecule has 4 aliphatic rings. The molecule has 0 saturated carbocycles. The van der Waals surface area contributed by atoms with Crippen molar-refractivity contribution >= 4 is 23.4 Å². The summed E-state index contributed by atoms with van der Waals surface area (Å²) in [5.41, 5.74) is 0.580. The van der Waals surface area contributed by atoms with Gasteiger partial charge < -0.3 is 4.90 Å². The molecule has 1 aromatic rings. The molecule has 0 aromatic heterocycles. The number of likely N-dealkylation sites (N-methyl/N-ethyl adjacent to an activating group) is 1. The summed E-state index contributed by atoms with van der Waals surface area (Å²) in [6.07, 6.45) is 3.67. The van der Waals surface area contributed by atoms with E-state index in [0.29, 0.717) is 5.69 Å². The number of imide groups is 1. The van der Waals surface area contributed by atoms with Crippen molar-refractivity contribution in [3.05, 3.63) is 42.5 Å². The summed E-state index contributed by atoms with van der Waals surface area (Å²) in [5, 5.41) is 0. The smallest absolute Gasteiger partial charge is 0.240 e. The van der Waals surface area contributed by atoms with Gasteiger partial charge in [0.25, 0.3) is 0 Å². The second kappa shape index (κ2) is 4.04. The van der Waals surface area contributed by atoms with E-state index in [-0.39, 0.29) is 23.8 Å². The highest BCUT2D eigenvalue weighted by molar-refractivity contribution is 6.24. The molecule has 5 nitrogen and oxygen atoms in total. The number of benzene rings is 1. The van der Waals surface area contributed by atoms with Gasteiger partial charge in [-0.25, -0.2) is 4.90 Å². The minimum absolute atomic E-state index is 0.0696. The number of rotatable bonds is 1. The first-order chi connectivity index (χ1) is 10.1. The quantitative estimate of drug-likeness (QED) is 0.566. The third kappa shape index (κ3) is 1.43. The highest BCUT2D eigenvalue weighted by atomic mass is 16.2. The molecule has 5 rings (SSSR count). The molecule has 21 heavy (non-hydrogen) atoms. The predicted octanol–water partition coefficient (Wildman–Crippen LogP) is 0.819. The zero-order valence-electron chi connectivity index (χ0n) is 11.5. The molecule has 2 fully saturated rings. The number of amides is 3. The van der Waals surface area contributed by atoms with Crippen molar-refractivity contribution in [1.82, 2.24) is 4.90 Å². The van der Waals surface area contributed by atoms with E-state index in [1.54, 1.807) is 42.3 Å². The van der Waals surface area contributed by atoms with Gasteiger partial charge in [-0.3, -0.25) is 14.4 Å². The van der Waals surface area contributed by atoms with Crippen LogP contribution in [-0.2, 0) is 14.4 Å². The van der Waals surface area contributed by atoms with Crippen LogP contribution in [0.2, 0.25) is 0 Å². The number of para-hydroxylation sites is 1. The fourth-order valence-corrected chi connectivity index (χ4v) is 3.74. The number of fused-ring (bicyclic) bond motifs is 1. The number of nitrogens with zero attached hydrogens (tertiary/aromatic N) is 2. The summed E-state index contributed by atoms with van der Waals surface area (Å²) in [6, 6.07) is 8.61. The number of carbonyl (C=O) groups is 3. The zero-order chi connectivity index (χ0) is 14.7. The average Bonchev–Trinajstić information content (AvgIpc) is 2.78. The molecule has 1 aromatic carbocycles. The lowest BCUT2D eigenvalue weighted by Crippen LogP contribution is -2.57. The highest BCUT2D eigenvalue weighted by Crippen LogP contribution is 2.46. The van der Waals surface area contributed by atoms with Crippen LogP contribution in [0.5, 0.6) is 0 Å². The lowest BCUT2D eigenvalue weighted by Gasteiger charge is -2.44. The number of anilines is 1. The molecule has 4 atom stereocenters. The second-order valence-corrected chi connectivity index (χ2v) is 5.75. The summed E-state index contributed by atoms with van der Waals surface area (Å²) in [4.78, 5) is 40.5. The van der Waals surface area contributed by atoms with Crippen molar-refractivity contribution in [2.45, 2.75) is 6.04 Å². The van der Waals surface area contributed by atoms with Gasteiger partial charge in [-0.2, -0.15) is 0 Å². The van der Waals surface area contributed by atoms with Crippen molar-refractivity contribution in [3.63, 3.8) is 0 Å². The van der Waals surface area contributed by atoms with Crippen LogP contribution >= 0.6 is 0 Å². The lowest BCUT2D eigenvalue weighted by atomic mass is 9.70. The van der Waals surface area contributed by atoms with E-state index >= 15 is 0 Å². The van der Waals surface area contributed by atoms with E-state index in [9.17, 15) is 14.4 Å². The Bertz CT molecular complexity index is 682. The topological polar surface area (TPSA) is 57.7 Å². The first kappa shape index (κ1) is 12.3. The van der Waals surface area contributed by atoms with Crippen LogP contribution in [0.15, 0.2) is 42.5 Å².